The maximum atomic E-state index is 5.28. The number of hydrogen-bond donors (Lipinski definition) is 3. The van der Waals surface area contributed by atoms with Gasteiger partial charge in [0.15, 0.2) is 23.2 Å². The van der Waals surface area contributed by atoms with Crippen molar-refractivity contribution in [3.05, 3.63) is 54.4 Å². The van der Waals surface area contributed by atoms with Crippen LogP contribution in [-0.4, -0.2) is 42.8 Å². The summed E-state index contributed by atoms with van der Waals surface area (Å²) in [6.45, 7) is 0.923. The van der Waals surface area contributed by atoms with Crippen molar-refractivity contribution < 1.29 is 4.42 Å². The van der Waals surface area contributed by atoms with Gasteiger partial charge in [-0.1, -0.05) is 6.07 Å². The summed E-state index contributed by atoms with van der Waals surface area (Å²) < 4.78 is 7.20. The van der Waals surface area contributed by atoms with Gasteiger partial charge in [0.05, 0.1) is 19.4 Å². The number of rotatable bonds is 5. The molecule has 0 aliphatic carbocycles. The summed E-state index contributed by atoms with van der Waals surface area (Å²) in [5.74, 6) is 3.22. The van der Waals surface area contributed by atoms with Crippen molar-refractivity contribution in [3.63, 3.8) is 0 Å². The Balaban J connectivity index is 1.35. The number of aromatic nitrogens is 6. The summed E-state index contributed by atoms with van der Waals surface area (Å²) in [6, 6.07) is 9.38. The average molecular weight is 351 g/mol. The van der Waals surface area contributed by atoms with E-state index in [2.05, 4.69) is 41.0 Å². The molecule has 10 nitrogen and oxygen atoms in total. The van der Waals surface area contributed by atoms with Crippen molar-refractivity contribution in [2.75, 3.05) is 7.05 Å². The molecule has 0 spiro atoms. The van der Waals surface area contributed by atoms with Gasteiger partial charge in [-0.3, -0.25) is 14.5 Å². The molecule has 0 aliphatic rings. The quantitative estimate of drug-likeness (QED) is 0.362. The lowest BCUT2D eigenvalue weighted by Crippen LogP contribution is -2.37. The Morgan fingerprint density at radius 2 is 2.12 bits per heavy atom. The number of nitrogens with zero attached hydrogens (tertiary/aromatic N) is 6. The first kappa shape index (κ1) is 15.8. The SMILES string of the molecule is CN=C(NCc1nc(-c2ccco2)n[nH]1)NCc1nnc2ccccn12. The predicted octanol–water partition coefficient (Wildman–Crippen LogP) is 0.973. The molecule has 0 saturated carbocycles. The van der Waals surface area contributed by atoms with E-state index in [9.17, 15) is 0 Å². The number of H-pyrrole nitrogens is 1. The number of furan rings is 1. The molecule has 4 aromatic heterocycles. The molecule has 3 N–H and O–H groups in total. The van der Waals surface area contributed by atoms with Gasteiger partial charge in [-0.25, -0.2) is 4.98 Å². The van der Waals surface area contributed by atoms with E-state index >= 15 is 0 Å². The van der Waals surface area contributed by atoms with Crippen LogP contribution in [0.4, 0.5) is 0 Å². The van der Waals surface area contributed by atoms with Crippen molar-refractivity contribution in [1.82, 2.24) is 40.4 Å². The van der Waals surface area contributed by atoms with E-state index in [1.165, 1.54) is 0 Å². The zero-order valence-corrected chi connectivity index (χ0v) is 14.0. The van der Waals surface area contributed by atoms with Crippen LogP contribution in [-0.2, 0) is 13.1 Å². The Morgan fingerprint density at radius 3 is 2.96 bits per heavy atom. The molecule has 26 heavy (non-hydrogen) atoms. The van der Waals surface area contributed by atoms with E-state index in [1.807, 2.05) is 34.9 Å². The van der Waals surface area contributed by atoms with Crippen LogP contribution in [0.3, 0.4) is 0 Å². The summed E-state index contributed by atoms with van der Waals surface area (Å²) >= 11 is 0. The molecule has 4 aromatic rings. The fourth-order valence-corrected chi connectivity index (χ4v) is 2.45. The highest BCUT2D eigenvalue weighted by Crippen LogP contribution is 2.14. The lowest BCUT2D eigenvalue weighted by Gasteiger charge is -2.09. The first-order chi connectivity index (χ1) is 12.8. The van der Waals surface area contributed by atoms with Gasteiger partial charge in [0.25, 0.3) is 0 Å². The minimum atomic E-state index is 0.438. The van der Waals surface area contributed by atoms with E-state index in [-0.39, 0.29) is 0 Å². The average Bonchev–Trinajstić information content (AvgIpc) is 3.42. The molecule has 0 atom stereocenters. The van der Waals surface area contributed by atoms with Crippen LogP contribution < -0.4 is 10.6 Å². The summed E-state index contributed by atoms with van der Waals surface area (Å²) in [5, 5.41) is 21.7. The van der Waals surface area contributed by atoms with Crippen LogP contribution in [0.15, 0.2) is 52.2 Å². The first-order valence-electron chi connectivity index (χ1n) is 8.02. The smallest absolute Gasteiger partial charge is 0.216 e. The third kappa shape index (κ3) is 3.24. The topological polar surface area (TPSA) is 121 Å². The number of aromatic amines is 1. The molecule has 4 heterocycles. The molecule has 0 aliphatic heterocycles. The van der Waals surface area contributed by atoms with Crippen LogP contribution in [0.2, 0.25) is 0 Å². The molecule has 10 heteroatoms. The van der Waals surface area contributed by atoms with Gasteiger partial charge in [0, 0.05) is 13.2 Å². The molecular formula is C16H17N9O. The molecular weight excluding hydrogens is 334 g/mol. The van der Waals surface area contributed by atoms with Crippen molar-refractivity contribution in [3.8, 4) is 11.6 Å². The molecule has 0 unspecified atom stereocenters. The zero-order valence-electron chi connectivity index (χ0n) is 14.0. The van der Waals surface area contributed by atoms with E-state index < -0.39 is 0 Å². The van der Waals surface area contributed by atoms with Crippen molar-refractivity contribution in [2.24, 2.45) is 4.99 Å². The Labute approximate surface area is 148 Å². The van der Waals surface area contributed by atoms with Gasteiger partial charge >= 0.3 is 0 Å². The largest absolute Gasteiger partial charge is 0.461 e. The van der Waals surface area contributed by atoms with Gasteiger partial charge in [-0.2, -0.15) is 0 Å². The molecule has 0 saturated heterocycles. The molecule has 0 fully saturated rings. The zero-order chi connectivity index (χ0) is 17.8. The fourth-order valence-electron chi connectivity index (χ4n) is 2.45. The van der Waals surface area contributed by atoms with Crippen LogP contribution in [0.25, 0.3) is 17.2 Å². The second kappa shape index (κ2) is 7.05. The minimum absolute atomic E-state index is 0.438. The second-order valence-corrected chi connectivity index (χ2v) is 5.41. The number of pyridine rings is 1. The van der Waals surface area contributed by atoms with E-state index in [4.69, 9.17) is 4.42 Å². The summed E-state index contributed by atoms with van der Waals surface area (Å²) in [6.07, 6.45) is 3.51. The number of hydrogen-bond acceptors (Lipinski definition) is 6. The maximum Gasteiger partial charge on any atom is 0.216 e. The standard InChI is InChI=1S/C16H17N9O/c1-17-16(19-10-14-23-22-13-6-2-3-7-25(13)14)18-9-12-20-15(24-21-12)11-5-4-8-26-11/h2-8H,9-10H2,1H3,(H2,17,18,19)(H,20,21,24). The third-order valence-electron chi connectivity index (χ3n) is 3.72. The van der Waals surface area contributed by atoms with Crippen LogP contribution in [0, 0.1) is 0 Å². The monoisotopic (exact) mass is 351 g/mol. The first-order valence-corrected chi connectivity index (χ1v) is 8.02. The maximum absolute atomic E-state index is 5.28. The molecule has 4 rings (SSSR count). The van der Waals surface area contributed by atoms with Gasteiger partial charge in [0.1, 0.15) is 5.82 Å². The normalized spacial score (nSPS) is 11.8. The molecule has 0 bridgehead atoms. The van der Waals surface area contributed by atoms with Crippen LogP contribution in [0.5, 0.6) is 0 Å². The Kier molecular flexibility index (Phi) is 4.29. The molecule has 0 amide bonds. The van der Waals surface area contributed by atoms with Crippen molar-refractivity contribution in [2.45, 2.75) is 13.1 Å². The molecule has 132 valence electrons. The lowest BCUT2D eigenvalue weighted by atomic mass is 10.4. The predicted molar refractivity (Wildman–Crippen MR) is 94.1 cm³/mol. The third-order valence-corrected chi connectivity index (χ3v) is 3.72. The van der Waals surface area contributed by atoms with Crippen LogP contribution in [0.1, 0.15) is 11.6 Å². The Morgan fingerprint density at radius 1 is 1.19 bits per heavy atom. The van der Waals surface area contributed by atoms with Crippen molar-refractivity contribution >= 4 is 11.6 Å². The van der Waals surface area contributed by atoms with E-state index in [0.29, 0.717) is 36.5 Å². The van der Waals surface area contributed by atoms with E-state index in [1.54, 1.807) is 19.4 Å². The van der Waals surface area contributed by atoms with Gasteiger partial charge in [0.2, 0.25) is 5.82 Å². The minimum Gasteiger partial charge on any atom is -0.461 e. The summed E-state index contributed by atoms with van der Waals surface area (Å²) in [5.41, 5.74) is 0.805. The Bertz CT molecular complexity index is 1020. The fraction of sp³-hybridized carbons (Fsp3) is 0.188. The second-order valence-electron chi connectivity index (χ2n) is 5.41. The van der Waals surface area contributed by atoms with Gasteiger partial charge in [-0.15, -0.1) is 15.3 Å². The highest BCUT2D eigenvalue weighted by molar-refractivity contribution is 5.79. The van der Waals surface area contributed by atoms with E-state index in [0.717, 1.165) is 11.5 Å². The number of guanidine groups is 1. The Hall–Kier alpha value is -3.69. The molecule has 0 aromatic carbocycles. The number of fused-ring (bicyclic) bond motifs is 1. The highest BCUT2D eigenvalue weighted by Gasteiger charge is 2.09. The van der Waals surface area contributed by atoms with Crippen molar-refractivity contribution in [1.29, 1.82) is 0 Å². The summed E-state index contributed by atoms with van der Waals surface area (Å²) in [4.78, 5) is 8.57. The number of aliphatic imine (C=N–C) groups is 1. The number of nitrogens with one attached hydrogen (secondary N) is 3. The summed E-state index contributed by atoms with van der Waals surface area (Å²) in [7, 11) is 1.70. The molecule has 0 radical (unpaired) electrons. The lowest BCUT2D eigenvalue weighted by molar-refractivity contribution is 0.577. The van der Waals surface area contributed by atoms with Gasteiger partial charge < -0.3 is 15.1 Å². The highest BCUT2D eigenvalue weighted by atomic mass is 16.3. The van der Waals surface area contributed by atoms with Crippen LogP contribution >= 0.6 is 0 Å². The van der Waals surface area contributed by atoms with Gasteiger partial charge in [-0.05, 0) is 24.3 Å².